The van der Waals surface area contributed by atoms with Crippen molar-refractivity contribution in [2.24, 2.45) is 0 Å². The number of amides is 2. The first-order valence-corrected chi connectivity index (χ1v) is 13.9. The number of benzene rings is 3. The first kappa shape index (κ1) is 27.7. The first-order chi connectivity index (χ1) is 17.1. The lowest BCUT2D eigenvalue weighted by Crippen LogP contribution is -2.51. The van der Waals surface area contributed by atoms with Gasteiger partial charge < -0.3 is 10.2 Å². The Bertz CT molecular complexity index is 1320. The molecule has 0 aliphatic heterocycles. The highest BCUT2D eigenvalue weighted by molar-refractivity contribution is 9.10. The number of nitrogens with one attached hydrogen (secondary N) is 1. The number of rotatable bonds is 10. The average Bonchev–Trinajstić information content (AvgIpc) is 2.86. The molecule has 1 N–H and O–H groups in total. The summed E-state index contributed by atoms with van der Waals surface area (Å²) in [7, 11) is -4.10. The van der Waals surface area contributed by atoms with Crippen LogP contribution in [-0.4, -0.2) is 44.3 Å². The summed E-state index contributed by atoms with van der Waals surface area (Å²) in [6, 6.07) is 20.8. The Morgan fingerprint density at radius 2 is 1.67 bits per heavy atom. The number of hydrogen-bond donors (Lipinski definition) is 1. The number of carbonyl (C=O) groups excluding carboxylic acids is 2. The summed E-state index contributed by atoms with van der Waals surface area (Å²) in [4.78, 5) is 27.8. The number of carbonyl (C=O) groups is 2. The third-order valence-electron chi connectivity index (χ3n) is 5.52. The molecule has 0 aromatic heterocycles. The van der Waals surface area contributed by atoms with E-state index in [1.807, 2.05) is 0 Å². The predicted octanol–water partition coefficient (Wildman–Crippen LogP) is 4.85. The van der Waals surface area contributed by atoms with Crippen molar-refractivity contribution in [1.29, 1.82) is 0 Å². The molecule has 0 unspecified atom stereocenters. The Balaban J connectivity index is 2.03. The van der Waals surface area contributed by atoms with Crippen LogP contribution in [0.5, 0.6) is 0 Å². The van der Waals surface area contributed by atoms with E-state index >= 15 is 0 Å². The van der Waals surface area contributed by atoms with Gasteiger partial charge in [-0.2, -0.15) is 0 Å². The van der Waals surface area contributed by atoms with Gasteiger partial charge in [-0.3, -0.25) is 13.9 Å². The summed E-state index contributed by atoms with van der Waals surface area (Å²) in [5.74, 6) is -0.897. The van der Waals surface area contributed by atoms with E-state index in [2.05, 4.69) is 21.2 Å². The second-order valence-electron chi connectivity index (χ2n) is 7.99. The molecule has 2 amide bonds. The Labute approximate surface area is 225 Å². The lowest BCUT2D eigenvalue weighted by Gasteiger charge is -2.32. The summed E-state index contributed by atoms with van der Waals surface area (Å²) < 4.78 is 29.0. The molecule has 10 heteroatoms. The Kier molecular flexibility index (Phi) is 9.53. The van der Waals surface area contributed by atoms with Crippen LogP contribution in [0.2, 0.25) is 5.02 Å². The van der Waals surface area contributed by atoms with Gasteiger partial charge in [-0.05, 0) is 55.8 Å². The Morgan fingerprint density at radius 3 is 2.31 bits per heavy atom. The van der Waals surface area contributed by atoms with Crippen molar-refractivity contribution in [2.75, 3.05) is 17.4 Å². The van der Waals surface area contributed by atoms with Gasteiger partial charge in [0.25, 0.3) is 10.0 Å². The lowest BCUT2D eigenvalue weighted by atomic mass is 10.1. The molecule has 3 aromatic carbocycles. The van der Waals surface area contributed by atoms with Gasteiger partial charge >= 0.3 is 0 Å². The molecule has 36 heavy (non-hydrogen) atoms. The maximum absolute atomic E-state index is 13.7. The van der Waals surface area contributed by atoms with E-state index in [0.717, 1.165) is 4.31 Å². The SMILES string of the molecule is CCNC(=O)[C@H](C)N(Cc1ccccc1Cl)C(=O)CN(c1cccc(Br)c1)S(=O)(=O)c1ccccc1. The topological polar surface area (TPSA) is 86.8 Å². The largest absolute Gasteiger partial charge is 0.355 e. The fourth-order valence-electron chi connectivity index (χ4n) is 3.59. The molecule has 7 nitrogen and oxygen atoms in total. The standard InChI is InChI=1S/C26H27BrClN3O4S/c1-3-29-26(33)19(2)30(17-20-10-7-8-15-24(20)28)25(32)18-31(22-12-9-11-21(27)16-22)36(34,35)23-13-5-4-6-14-23/h4-16,19H,3,17-18H2,1-2H3,(H,29,33)/t19-/m0/s1. The number of anilines is 1. The van der Waals surface area contributed by atoms with Gasteiger partial charge in [0.1, 0.15) is 12.6 Å². The van der Waals surface area contributed by atoms with Crippen LogP contribution in [0.3, 0.4) is 0 Å². The van der Waals surface area contributed by atoms with Crippen LogP contribution in [0.25, 0.3) is 0 Å². The highest BCUT2D eigenvalue weighted by Gasteiger charge is 2.32. The van der Waals surface area contributed by atoms with E-state index in [0.29, 0.717) is 27.3 Å². The van der Waals surface area contributed by atoms with Crippen LogP contribution >= 0.6 is 27.5 Å². The number of hydrogen-bond acceptors (Lipinski definition) is 4. The fourth-order valence-corrected chi connectivity index (χ4v) is 5.60. The zero-order chi connectivity index (χ0) is 26.3. The average molecular weight is 593 g/mol. The van der Waals surface area contributed by atoms with Crippen molar-refractivity contribution >= 4 is 55.1 Å². The van der Waals surface area contributed by atoms with Crippen LogP contribution in [-0.2, 0) is 26.2 Å². The van der Waals surface area contributed by atoms with Crippen LogP contribution in [0.15, 0.2) is 88.2 Å². The van der Waals surface area contributed by atoms with Gasteiger partial charge in [0.05, 0.1) is 10.6 Å². The molecular weight excluding hydrogens is 566 g/mol. The van der Waals surface area contributed by atoms with Crippen molar-refractivity contribution in [2.45, 2.75) is 31.3 Å². The summed E-state index contributed by atoms with van der Waals surface area (Å²) in [5.41, 5.74) is 0.952. The minimum absolute atomic E-state index is 0.0362. The normalized spacial score (nSPS) is 12.0. The number of halogens is 2. The number of nitrogens with zero attached hydrogens (tertiary/aromatic N) is 2. The van der Waals surface area contributed by atoms with Gasteiger partial charge in [-0.25, -0.2) is 8.42 Å². The first-order valence-electron chi connectivity index (χ1n) is 11.3. The highest BCUT2D eigenvalue weighted by Crippen LogP contribution is 2.27. The van der Waals surface area contributed by atoms with E-state index in [-0.39, 0.29) is 17.3 Å². The van der Waals surface area contributed by atoms with Crippen molar-refractivity contribution in [3.63, 3.8) is 0 Å². The summed E-state index contributed by atoms with van der Waals surface area (Å²) in [6.45, 7) is 3.31. The highest BCUT2D eigenvalue weighted by atomic mass is 79.9. The zero-order valence-electron chi connectivity index (χ0n) is 19.9. The number of likely N-dealkylation sites (N-methyl/N-ethyl adjacent to an activating group) is 1. The van der Waals surface area contributed by atoms with E-state index in [4.69, 9.17) is 11.6 Å². The maximum atomic E-state index is 13.7. The minimum atomic E-state index is -4.10. The molecule has 0 radical (unpaired) electrons. The van der Waals surface area contributed by atoms with Gasteiger partial charge in [-0.15, -0.1) is 0 Å². The minimum Gasteiger partial charge on any atom is -0.355 e. The molecule has 0 aliphatic carbocycles. The Hall–Kier alpha value is -2.88. The fraction of sp³-hybridized carbons (Fsp3) is 0.231. The quantitative estimate of drug-likeness (QED) is 0.365. The monoisotopic (exact) mass is 591 g/mol. The van der Waals surface area contributed by atoms with Crippen molar-refractivity contribution in [3.05, 3.63) is 93.9 Å². The van der Waals surface area contributed by atoms with Gasteiger partial charge in [0.2, 0.25) is 11.8 Å². The van der Waals surface area contributed by atoms with E-state index in [1.165, 1.54) is 17.0 Å². The molecule has 0 saturated carbocycles. The van der Waals surface area contributed by atoms with Gasteiger partial charge in [0.15, 0.2) is 0 Å². The van der Waals surface area contributed by atoms with Gasteiger partial charge in [-0.1, -0.05) is 70.0 Å². The molecule has 3 rings (SSSR count). The molecule has 3 aromatic rings. The maximum Gasteiger partial charge on any atom is 0.264 e. The smallest absolute Gasteiger partial charge is 0.264 e. The van der Waals surface area contributed by atoms with Crippen LogP contribution in [0.4, 0.5) is 5.69 Å². The molecule has 0 saturated heterocycles. The summed E-state index contributed by atoms with van der Waals surface area (Å²) >= 11 is 9.72. The van der Waals surface area contributed by atoms with E-state index in [1.54, 1.807) is 80.6 Å². The predicted molar refractivity (Wildman–Crippen MR) is 145 cm³/mol. The van der Waals surface area contributed by atoms with Crippen LogP contribution in [0, 0.1) is 0 Å². The van der Waals surface area contributed by atoms with Crippen molar-refractivity contribution in [3.8, 4) is 0 Å². The van der Waals surface area contributed by atoms with Crippen LogP contribution < -0.4 is 9.62 Å². The van der Waals surface area contributed by atoms with Gasteiger partial charge in [0, 0.05) is 22.6 Å². The second-order valence-corrected chi connectivity index (χ2v) is 11.2. The number of sulfonamides is 1. The molecule has 0 spiro atoms. The second kappa shape index (κ2) is 12.4. The van der Waals surface area contributed by atoms with Crippen LogP contribution in [0.1, 0.15) is 19.4 Å². The molecule has 190 valence electrons. The molecule has 0 fully saturated rings. The van der Waals surface area contributed by atoms with Crippen molar-refractivity contribution in [1.82, 2.24) is 10.2 Å². The van der Waals surface area contributed by atoms with E-state index < -0.39 is 28.5 Å². The third-order valence-corrected chi connectivity index (χ3v) is 8.17. The molecule has 0 bridgehead atoms. The van der Waals surface area contributed by atoms with Crippen molar-refractivity contribution < 1.29 is 18.0 Å². The molecule has 0 heterocycles. The van der Waals surface area contributed by atoms with E-state index in [9.17, 15) is 18.0 Å². The molecule has 0 aliphatic rings. The summed E-state index contributed by atoms with van der Waals surface area (Å²) in [6.07, 6.45) is 0. The Morgan fingerprint density at radius 1 is 1.00 bits per heavy atom. The summed E-state index contributed by atoms with van der Waals surface area (Å²) in [5, 5.41) is 3.17. The lowest BCUT2D eigenvalue weighted by molar-refractivity contribution is -0.139. The molecule has 1 atom stereocenters. The third kappa shape index (κ3) is 6.66. The zero-order valence-corrected chi connectivity index (χ0v) is 23.1. The molecular formula is C26H27BrClN3O4S.